The Balaban J connectivity index is 2.39. The first-order chi connectivity index (χ1) is 8.69. The number of thioether (sulfide) groups is 1. The fourth-order valence-corrected chi connectivity index (χ4v) is 2.65. The Hall–Kier alpha value is -0.300. The summed E-state index contributed by atoms with van der Waals surface area (Å²) < 4.78 is 0. The third-order valence-corrected chi connectivity index (χ3v) is 3.91. The molecule has 0 aromatic heterocycles. The number of hydrogen-bond donors (Lipinski definition) is 2. The second-order valence-corrected chi connectivity index (χ2v) is 5.62. The lowest BCUT2D eigenvalue weighted by molar-refractivity contribution is -0.132. The van der Waals surface area contributed by atoms with Crippen molar-refractivity contribution in [1.82, 2.24) is 9.80 Å². The van der Waals surface area contributed by atoms with Gasteiger partial charge in [0, 0.05) is 26.2 Å². The molecule has 1 amide bonds. The molecule has 0 unspecified atom stereocenters. The molecule has 0 radical (unpaired) electrons. The number of aliphatic hydroxyl groups is 1. The van der Waals surface area contributed by atoms with Crippen LogP contribution in [0, 0.1) is 0 Å². The van der Waals surface area contributed by atoms with Crippen LogP contribution in [0.3, 0.4) is 0 Å². The van der Waals surface area contributed by atoms with E-state index in [2.05, 4.69) is 4.90 Å². The Bertz CT molecular complexity index is 253. The molecule has 1 aliphatic heterocycles. The molecule has 6 heteroatoms. The van der Waals surface area contributed by atoms with Gasteiger partial charge in [-0.3, -0.25) is 9.69 Å². The molecule has 0 aromatic carbocycles. The van der Waals surface area contributed by atoms with Crippen LogP contribution in [-0.4, -0.2) is 78.2 Å². The molecule has 1 rings (SSSR count). The molecule has 1 atom stereocenters. The number of rotatable bonds is 6. The van der Waals surface area contributed by atoms with Crippen molar-refractivity contribution in [3.8, 4) is 0 Å². The second-order valence-electron chi connectivity index (χ2n) is 4.63. The first kappa shape index (κ1) is 15.8. The Kier molecular flexibility index (Phi) is 7.65. The van der Waals surface area contributed by atoms with Crippen molar-refractivity contribution in [1.29, 1.82) is 0 Å². The van der Waals surface area contributed by atoms with Gasteiger partial charge >= 0.3 is 0 Å². The molecule has 3 N–H and O–H groups in total. The molecule has 0 bridgehead atoms. The van der Waals surface area contributed by atoms with Crippen molar-refractivity contribution in [3.05, 3.63) is 0 Å². The molecular formula is C12H25N3O2S. The minimum atomic E-state index is -0.359. The normalized spacial score (nSPS) is 19.6. The number of aliphatic hydroxyl groups excluding tert-OH is 1. The van der Waals surface area contributed by atoms with Crippen LogP contribution in [0.15, 0.2) is 0 Å². The molecular weight excluding hydrogens is 250 g/mol. The summed E-state index contributed by atoms with van der Waals surface area (Å²) in [6, 6.07) is -0.359. The summed E-state index contributed by atoms with van der Waals surface area (Å²) in [7, 11) is 0. The molecule has 106 valence electrons. The largest absolute Gasteiger partial charge is 0.395 e. The lowest BCUT2D eigenvalue weighted by Gasteiger charge is -2.24. The molecule has 1 aliphatic rings. The average molecular weight is 275 g/mol. The van der Waals surface area contributed by atoms with Crippen molar-refractivity contribution in [2.45, 2.75) is 18.9 Å². The summed E-state index contributed by atoms with van der Waals surface area (Å²) in [5.41, 5.74) is 5.92. The number of carbonyl (C=O) groups excluding carboxylic acids is 1. The van der Waals surface area contributed by atoms with Gasteiger partial charge < -0.3 is 15.7 Å². The summed E-state index contributed by atoms with van der Waals surface area (Å²) in [5.74, 6) is 1.01. The number of nitrogens with zero attached hydrogens (tertiary/aromatic N) is 2. The minimum absolute atomic E-state index is 0.0786. The van der Waals surface area contributed by atoms with Crippen LogP contribution in [0.1, 0.15) is 12.8 Å². The van der Waals surface area contributed by atoms with Crippen molar-refractivity contribution in [2.24, 2.45) is 5.73 Å². The van der Waals surface area contributed by atoms with E-state index in [1.807, 2.05) is 11.2 Å². The van der Waals surface area contributed by atoms with Gasteiger partial charge in [-0.25, -0.2) is 0 Å². The van der Waals surface area contributed by atoms with Crippen LogP contribution in [0.2, 0.25) is 0 Å². The zero-order valence-corrected chi connectivity index (χ0v) is 12.0. The average Bonchev–Trinajstić information content (AvgIpc) is 2.61. The predicted molar refractivity (Wildman–Crippen MR) is 75.7 cm³/mol. The monoisotopic (exact) mass is 275 g/mol. The van der Waals surface area contributed by atoms with E-state index >= 15 is 0 Å². The fourth-order valence-electron chi connectivity index (χ4n) is 2.16. The number of carbonyl (C=O) groups is 1. The predicted octanol–water partition coefficient (Wildman–Crippen LogP) is -0.407. The van der Waals surface area contributed by atoms with Crippen LogP contribution in [0.25, 0.3) is 0 Å². The topological polar surface area (TPSA) is 69.8 Å². The van der Waals surface area contributed by atoms with Crippen molar-refractivity contribution < 1.29 is 9.90 Å². The van der Waals surface area contributed by atoms with E-state index < -0.39 is 0 Å². The van der Waals surface area contributed by atoms with E-state index in [9.17, 15) is 4.79 Å². The SMILES string of the molecule is CSCC[C@@H](N)C(=O)N1CCCN(CCO)CC1. The zero-order valence-electron chi connectivity index (χ0n) is 11.2. The van der Waals surface area contributed by atoms with Crippen LogP contribution in [0.5, 0.6) is 0 Å². The molecule has 0 spiro atoms. The van der Waals surface area contributed by atoms with Crippen molar-refractivity contribution in [2.75, 3.05) is 51.3 Å². The van der Waals surface area contributed by atoms with Gasteiger partial charge in [0.1, 0.15) is 0 Å². The Labute approximate surface area is 114 Å². The fraction of sp³-hybridized carbons (Fsp3) is 0.917. The van der Waals surface area contributed by atoms with Gasteiger partial charge in [-0.05, 0) is 31.4 Å². The van der Waals surface area contributed by atoms with Gasteiger partial charge in [-0.2, -0.15) is 11.8 Å². The van der Waals surface area contributed by atoms with Gasteiger partial charge in [-0.1, -0.05) is 0 Å². The summed E-state index contributed by atoms with van der Waals surface area (Å²) in [6.07, 6.45) is 3.73. The van der Waals surface area contributed by atoms with Crippen molar-refractivity contribution in [3.63, 3.8) is 0 Å². The molecule has 0 aliphatic carbocycles. The molecule has 5 nitrogen and oxygen atoms in total. The maximum absolute atomic E-state index is 12.1. The third-order valence-electron chi connectivity index (χ3n) is 3.27. The minimum Gasteiger partial charge on any atom is -0.395 e. The molecule has 1 heterocycles. The molecule has 1 saturated heterocycles. The van der Waals surface area contributed by atoms with Crippen LogP contribution >= 0.6 is 11.8 Å². The molecule has 0 saturated carbocycles. The van der Waals surface area contributed by atoms with E-state index in [-0.39, 0.29) is 18.6 Å². The van der Waals surface area contributed by atoms with E-state index in [0.717, 1.165) is 44.8 Å². The summed E-state index contributed by atoms with van der Waals surface area (Å²) in [6.45, 7) is 4.17. The van der Waals surface area contributed by atoms with Gasteiger partial charge in [0.05, 0.1) is 12.6 Å². The summed E-state index contributed by atoms with van der Waals surface area (Å²) in [5, 5.41) is 8.93. The number of β-amino-alcohol motifs (C(OH)–C–C–N with tert-alkyl or cyclic N) is 1. The number of nitrogens with two attached hydrogens (primary N) is 1. The van der Waals surface area contributed by atoms with Crippen LogP contribution < -0.4 is 5.73 Å². The highest BCUT2D eigenvalue weighted by Gasteiger charge is 2.23. The Morgan fingerprint density at radius 3 is 2.83 bits per heavy atom. The third kappa shape index (κ3) is 5.14. The van der Waals surface area contributed by atoms with Gasteiger partial charge in [0.25, 0.3) is 0 Å². The van der Waals surface area contributed by atoms with Crippen molar-refractivity contribution >= 4 is 17.7 Å². The quantitative estimate of drug-likeness (QED) is 0.690. The van der Waals surface area contributed by atoms with E-state index in [1.54, 1.807) is 11.8 Å². The van der Waals surface area contributed by atoms with Crippen LogP contribution in [-0.2, 0) is 4.79 Å². The van der Waals surface area contributed by atoms with Crippen LogP contribution in [0.4, 0.5) is 0 Å². The molecule has 18 heavy (non-hydrogen) atoms. The van der Waals surface area contributed by atoms with Gasteiger partial charge in [0.2, 0.25) is 5.91 Å². The lowest BCUT2D eigenvalue weighted by atomic mass is 10.2. The Morgan fingerprint density at radius 1 is 1.39 bits per heavy atom. The summed E-state index contributed by atoms with van der Waals surface area (Å²) in [4.78, 5) is 16.2. The highest BCUT2D eigenvalue weighted by Crippen LogP contribution is 2.07. The number of amides is 1. The first-order valence-electron chi connectivity index (χ1n) is 6.55. The standard InChI is InChI=1S/C12H25N3O2S/c1-18-10-3-11(13)12(17)15-5-2-4-14(6-7-15)8-9-16/h11,16H,2-10,13H2,1H3/t11-/m1/s1. The second kappa shape index (κ2) is 8.74. The van der Waals surface area contributed by atoms with Gasteiger partial charge in [-0.15, -0.1) is 0 Å². The van der Waals surface area contributed by atoms with Gasteiger partial charge in [0.15, 0.2) is 0 Å². The Morgan fingerprint density at radius 2 is 2.17 bits per heavy atom. The highest BCUT2D eigenvalue weighted by atomic mass is 32.2. The maximum atomic E-state index is 12.1. The first-order valence-corrected chi connectivity index (χ1v) is 7.95. The summed E-state index contributed by atoms with van der Waals surface area (Å²) >= 11 is 1.72. The number of hydrogen-bond acceptors (Lipinski definition) is 5. The lowest BCUT2D eigenvalue weighted by Crippen LogP contribution is -2.45. The van der Waals surface area contributed by atoms with E-state index in [1.165, 1.54) is 0 Å². The molecule has 0 aromatic rings. The molecule has 1 fully saturated rings. The van der Waals surface area contributed by atoms with E-state index in [0.29, 0.717) is 6.54 Å². The zero-order chi connectivity index (χ0) is 13.4. The highest BCUT2D eigenvalue weighted by molar-refractivity contribution is 7.98. The van der Waals surface area contributed by atoms with E-state index in [4.69, 9.17) is 10.8 Å². The smallest absolute Gasteiger partial charge is 0.239 e. The maximum Gasteiger partial charge on any atom is 0.239 e.